The second kappa shape index (κ2) is 8.17. The minimum atomic E-state index is 0.382. The maximum Gasteiger partial charge on any atom is 0.117 e. The topological polar surface area (TPSA) is 46.7 Å². The zero-order chi connectivity index (χ0) is 18.7. The quantitative estimate of drug-likeness (QED) is 0.748. The first-order valence-electron chi connectivity index (χ1n) is 10.2. The molecule has 0 saturated carbocycles. The Morgan fingerprint density at radius 2 is 2.11 bits per heavy atom. The van der Waals surface area contributed by atoms with Crippen molar-refractivity contribution >= 4 is 0 Å². The molecule has 0 aromatic carbocycles. The van der Waals surface area contributed by atoms with Crippen LogP contribution >= 0.6 is 0 Å². The van der Waals surface area contributed by atoms with E-state index in [1.807, 2.05) is 24.1 Å². The zero-order valence-electron chi connectivity index (χ0n) is 16.6. The second-order valence-corrected chi connectivity index (χ2v) is 8.24. The predicted octanol–water partition coefficient (Wildman–Crippen LogP) is 2.86. The van der Waals surface area contributed by atoms with Gasteiger partial charge in [0.15, 0.2) is 0 Å². The number of likely N-dealkylation sites (tertiary alicyclic amines) is 2. The summed E-state index contributed by atoms with van der Waals surface area (Å²) in [6.45, 7) is 10.4. The molecular weight excluding hydrogens is 340 g/mol. The molecule has 0 radical (unpaired) electrons. The molecule has 2 aliphatic rings. The average Bonchev–Trinajstić information content (AvgIpc) is 3.40. The summed E-state index contributed by atoms with van der Waals surface area (Å²) in [5.41, 5.74) is 1.71. The first kappa shape index (κ1) is 18.7. The third-order valence-electron chi connectivity index (χ3n) is 6.48. The average molecular weight is 373 g/mol. The molecule has 6 nitrogen and oxygen atoms in total. The number of furan rings is 1. The lowest BCUT2D eigenvalue weighted by molar-refractivity contribution is 0.0349. The van der Waals surface area contributed by atoms with E-state index in [1.54, 1.807) is 6.26 Å². The smallest absolute Gasteiger partial charge is 0.117 e. The molecule has 0 aliphatic carbocycles. The summed E-state index contributed by atoms with van der Waals surface area (Å²) in [6, 6.07) is 4.06. The third kappa shape index (κ3) is 4.13. The molecule has 4 heterocycles. The SMILES string of the molecule is CCn1cc(CN2CCC3(CC2)CN(Cc2ccco2)CC3COC)cn1. The number of methoxy groups -OCH3 is 1. The highest BCUT2D eigenvalue weighted by Crippen LogP contribution is 2.45. The van der Waals surface area contributed by atoms with Gasteiger partial charge in [0, 0.05) is 51.0 Å². The molecule has 4 rings (SSSR count). The third-order valence-corrected chi connectivity index (χ3v) is 6.48. The minimum Gasteiger partial charge on any atom is -0.468 e. The van der Waals surface area contributed by atoms with E-state index in [0.717, 1.165) is 58.2 Å². The van der Waals surface area contributed by atoms with Gasteiger partial charge in [-0.15, -0.1) is 0 Å². The monoisotopic (exact) mass is 372 g/mol. The van der Waals surface area contributed by atoms with Gasteiger partial charge in [0.2, 0.25) is 0 Å². The van der Waals surface area contributed by atoms with Crippen molar-refractivity contribution in [1.29, 1.82) is 0 Å². The number of aryl methyl sites for hydroxylation is 1. The van der Waals surface area contributed by atoms with E-state index in [0.29, 0.717) is 11.3 Å². The van der Waals surface area contributed by atoms with E-state index in [2.05, 4.69) is 34.1 Å². The Morgan fingerprint density at radius 1 is 1.26 bits per heavy atom. The van der Waals surface area contributed by atoms with Crippen LogP contribution in [0.1, 0.15) is 31.1 Å². The normalized spacial score (nSPS) is 23.4. The number of nitrogens with zero attached hydrogens (tertiary/aromatic N) is 4. The van der Waals surface area contributed by atoms with Crippen LogP contribution in [0.15, 0.2) is 35.2 Å². The molecule has 0 N–H and O–H groups in total. The fourth-order valence-corrected chi connectivity index (χ4v) is 4.96. The lowest BCUT2D eigenvalue weighted by atomic mass is 9.71. The summed E-state index contributed by atoms with van der Waals surface area (Å²) in [5.74, 6) is 1.68. The maximum absolute atomic E-state index is 5.60. The van der Waals surface area contributed by atoms with Crippen molar-refractivity contribution in [3.63, 3.8) is 0 Å². The van der Waals surface area contributed by atoms with Gasteiger partial charge in [-0.25, -0.2) is 0 Å². The summed E-state index contributed by atoms with van der Waals surface area (Å²) in [6.07, 6.45) is 8.46. The lowest BCUT2D eigenvalue weighted by Crippen LogP contribution is -2.44. The van der Waals surface area contributed by atoms with Gasteiger partial charge in [0.25, 0.3) is 0 Å². The summed E-state index contributed by atoms with van der Waals surface area (Å²) < 4.78 is 13.2. The van der Waals surface area contributed by atoms with Gasteiger partial charge in [-0.2, -0.15) is 5.10 Å². The number of aromatic nitrogens is 2. The predicted molar refractivity (Wildman–Crippen MR) is 104 cm³/mol. The van der Waals surface area contributed by atoms with Gasteiger partial charge in [0.1, 0.15) is 5.76 Å². The molecule has 1 unspecified atom stereocenters. The van der Waals surface area contributed by atoms with Crippen LogP contribution in [0.4, 0.5) is 0 Å². The number of hydrogen-bond donors (Lipinski definition) is 0. The van der Waals surface area contributed by atoms with Crippen LogP contribution in [0, 0.1) is 11.3 Å². The maximum atomic E-state index is 5.60. The van der Waals surface area contributed by atoms with Crippen molar-refractivity contribution in [2.24, 2.45) is 11.3 Å². The molecule has 27 heavy (non-hydrogen) atoms. The molecule has 1 atom stereocenters. The summed E-state index contributed by atoms with van der Waals surface area (Å²) in [5, 5.41) is 4.41. The Bertz CT molecular complexity index is 704. The van der Waals surface area contributed by atoms with Crippen molar-refractivity contribution in [3.05, 3.63) is 42.1 Å². The van der Waals surface area contributed by atoms with Gasteiger partial charge in [0.05, 0.1) is 25.6 Å². The summed E-state index contributed by atoms with van der Waals surface area (Å²) in [7, 11) is 1.84. The molecule has 6 heteroatoms. The Labute approximate surface area is 162 Å². The molecule has 0 amide bonds. The molecule has 2 aliphatic heterocycles. The number of rotatable bonds is 7. The summed E-state index contributed by atoms with van der Waals surface area (Å²) >= 11 is 0. The molecular formula is C21H32N4O2. The van der Waals surface area contributed by atoms with Crippen LogP contribution in [0.3, 0.4) is 0 Å². The molecule has 2 aromatic rings. The second-order valence-electron chi connectivity index (χ2n) is 8.24. The number of hydrogen-bond acceptors (Lipinski definition) is 5. The first-order chi connectivity index (χ1) is 13.2. The minimum absolute atomic E-state index is 0.382. The van der Waals surface area contributed by atoms with Gasteiger partial charge in [-0.05, 0) is 50.4 Å². The number of ether oxygens (including phenoxy) is 1. The van der Waals surface area contributed by atoms with E-state index < -0.39 is 0 Å². The van der Waals surface area contributed by atoms with Crippen LogP contribution in [-0.4, -0.2) is 59.5 Å². The molecule has 0 bridgehead atoms. The lowest BCUT2D eigenvalue weighted by Gasteiger charge is -2.42. The van der Waals surface area contributed by atoms with E-state index in [1.165, 1.54) is 18.4 Å². The van der Waals surface area contributed by atoms with Crippen molar-refractivity contribution in [2.45, 2.75) is 39.4 Å². The van der Waals surface area contributed by atoms with Gasteiger partial charge in [-0.3, -0.25) is 14.5 Å². The van der Waals surface area contributed by atoms with Crippen LogP contribution in [0.5, 0.6) is 0 Å². The zero-order valence-corrected chi connectivity index (χ0v) is 16.6. The summed E-state index contributed by atoms with van der Waals surface area (Å²) in [4.78, 5) is 5.14. The molecule has 2 saturated heterocycles. The van der Waals surface area contributed by atoms with Crippen LogP contribution < -0.4 is 0 Å². The van der Waals surface area contributed by atoms with E-state index >= 15 is 0 Å². The van der Waals surface area contributed by atoms with Gasteiger partial charge in [-0.1, -0.05) is 0 Å². The van der Waals surface area contributed by atoms with Crippen molar-refractivity contribution in [3.8, 4) is 0 Å². The molecule has 2 aromatic heterocycles. The van der Waals surface area contributed by atoms with Gasteiger partial charge < -0.3 is 9.15 Å². The van der Waals surface area contributed by atoms with Crippen molar-refractivity contribution in [1.82, 2.24) is 19.6 Å². The van der Waals surface area contributed by atoms with Crippen molar-refractivity contribution in [2.75, 3.05) is 39.9 Å². The largest absolute Gasteiger partial charge is 0.468 e. The molecule has 2 fully saturated rings. The standard InChI is InChI=1S/C21H32N4O2/c1-3-25-13-18(11-22-25)12-23-8-6-21(7-9-23)17-24(14-19(21)16-26-2)15-20-5-4-10-27-20/h4-5,10-11,13,19H,3,6-9,12,14-17H2,1-2H3. The Balaban J connectivity index is 1.36. The highest BCUT2D eigenvalue weighted by molar-refractivity contribution is 5.06. The van der Waals surface area contributed by atoms with E-state index in [4.69, 9.17) is 9.15 Å². The van der Waals surface area contributed by atoms with E-state index in [-0.39, 0.29) is 0 Å². The fourth-order valence-electron chi connectivity index (χ4n) is 4.96. The Kier molecular flexibility index (Phi) is 5.66. The van der Waals surface area contributed by atoms with Gasteiger partial charge >= 0.3 is 0 Å². The highest BCUT2D eigenvalue weighted by Gasteiger charge is 2.47. The Hall–Kier alpha value is -1.63. The van der Waals surface area contributed by atoms with Crippen LogP contribution in [0.25, 0.3) is 0 Å². The van der Waals surface area contributed by atoms with Crippen LogP contribution in [-0.2, 0) is 24.4 Å². The van der Waals surface area contributed by atoms with Crippen LogP contribution in [0.2, 0.25) is 0 Å². The number of piperidine rings is 1. The van der Waals surface area contributed by atoms with E-state index in [9.17, 15) is 0 Å². The van der Waals surface area contributed by atoms with Crippen molar-refractivity contribution < 1.29 is 9.15 Å². The first-order valence-corrected chi connectivity index (χ1v) is 10.2. The molecule has 1 spiro atoms. The fraction of sp³-hybridized carbons (Fsp3) is 0.667. The molecule has 148 valence electrons. The Morgan fingerprint density at radius 3 is 2.78 bits per heavy atom. The highest BCUT2D eigenvalue weighted by atomic mass is 16.5.